The van der Waals surface area contributed by atoms with Crippen LogP contribution in [0.2, 0.25) is 0 Å². The lowest BCUT2D eigenvalue weighted by Gasteiger charge is -2.38. The predicted octanol–water partition coefficient (Wildman–Crippen LogP) is 3.37. The molecule has 2 unspecified atom stereocenters. The fraction of sp³-hybridized carbons (Fsp3) is 0.600. The van der Waals surface area contributed by atoms with Crippen molar-refractivity contribution in [3.05, 3.63) is 29.3 Å². The predicted molar refractivity (Wildman–Crippen MR) is 67.1 cm³/mol. The Kier molecular flexibility index (Phi) is 2.44. The minimum Gasteiger partial charge on any atom is -0.487 e. The smallest absolute Gasteiger partial charge is 0.125 e. The second kappa shape index (κ2) is 3.74. The van der Waals surface area contributed by atoms with E-state index in [1.54, 1.807) is 0 Å². The third-order valence-corrected chi connectivity index (χ3v) is 3.92. The van der Waals surface area contributed by atoms with Gasteiger partial charge in [-0.2, -0.15) is 0 Å². The summed E-state index contributed by atoms with van der Waals surface area (Å²) in [5.41, 5.74) is 1.96. The fourth-order valence-corrected chi connectivity index (χ4v) is 2.90. The molecule has 0 bridgehead atoms. The lowest BCUT2D eigenvalue weighted by molar-refractivity contribution is -0.0105. The molecule has 1 aliphatic heterocycles. The third-order valence-electron chi connectivity index (χ3n) is 3.92. The van der Waals surface area contributed by atoms with Crippen LogP contribution in [0, 0.1) is 12.8 Å². The molecule has 1 aromatic rings. The number of aliphatic hydroxyl groups excluding tert-OH is 1. The summed E-state index contributed by atoms with van der Waals surface area (Å²) in [7, 11) is 0. The van der Waals surface area contributed by atoms with Gasteiger partial charge in [-0.25, -0.2) is 0 Å². The molecule has 2 heteroatoms. The molecule has 92 valence electrons. The van der Waals surface area contributed by atoms with E-state index in [1.807, 2.05) is 19.1 Å². The monoisotopic (exact) mass is 232 g/mol. The van der Waals surface area contributed by atoms with E-state index in [0.717, 1.165) is 30.1 Å². The summed E-state index contributed by atoms with van der Waals surface area (Å²) in [5, 5.41) is 10.3. The van der Waals surface area contributed by atoms with Crippen molar-refractivity contribution in [2.45, 2.75) is 51.2 Å². The number of ether oxygens (including phenoxy) is 1. The molecule has 2 aliphatic rings. The molecule has 1 fully saturated rings. The van der Waals surface area contributed by atoms with E-state index in [2.05, 4.69) is 13.0 Å². The first-order chi connectivity index (χ1) is 8.06. The summed E-state index contributed by atoms with van der Waals surface area (Å²) in [6.07, 6.45) is 4.09. The largest absolute Gasteiger partial charge is 0.487 e. The highest BCUT2D eigenvalue weighted by Crippen LogP contribution is 2.46. The molecule has 0 saturated heterocycles. The number of hydrogen-bond donors (Lipinski definition) is 1. The zero-order chi connectivity index (χ0) is 12.0. The van der Waals surface area contributed by atoms with Crippen molar-refractivity contribution in [1.82, 2.24) is 0 Å². The molecule has 0 aromatic heterocycles. The Labute approximate surface area is 103 Å². The molecule has 1 heterocycles. The first-order valence-electron chi connectivity index (χ1n) is 6.53. The third kappa shape index (κ3) is 2.19. The van der Waals surface area contributed by atoms with Gasteiger partial charge in [-0.05, 0) is 38.3 Å². The maximum atomic E-state index is 10.3. The molecule has 2 nitrogen and oxygen atoms in total. The van der Waals surface area contributed by atoms with E-state index in [9.17, 15) is 5.11 Å². The van der Waals surface area contributed by atoms with Crippen LogP contribution in [0.25, 0.3) is 0 Å². The molecular formula is C15H20O2. The van der Waals surface area contributed by atoms with Gasteiger partial charge in [0, 0.05) is 12.0 Å². The van der Waals surface area contributed by atoms with Gasteiger partial charge in [0.25, 0.3) is 0 Å². The molecule has 17 heavy (non-hydrogen) atoms. The van der Waals surface area contributed by atoms with E-state index in [4.69, 9.17) is 4.74 Å². The number of aryl methyl sites for hydroxylation is 1. The maximum absolute atomic E-state index is 10.3. The summed E-state index contributed by atoms with van der Waals surface area (Å²) in [4.78, 5) is 0. The van der Waals surface area contributed by atoms with Gasteiger partial charge in [0.05, 0.1) is 6.10 Å². The lowest BCUT2D eigenvalue weighted by Crippen LogP contribution is -2.38. The van der Waals surface area contributed by atoms with E-state index in [-0.39, 0.29) is 11.7 Å². The van der Waals surface area contributed by atoms with Gasteiger partial charge in [0.2, 0.25) is 0 Å². The first-order valence-corrected chi connectivity index (χ1v) is 6.53. The molecule has 1 aromatic carbocycles. The molecule has 0 spiro atoms. The van der Waals surface area contributed by atoms with Crippen LogP contribution in [0.4, 0.5) is 0 Å². The standard InChI is InChI=1S/C15H20O2/c1-10-3-6-14-12(7-10)13(16)9-15(2,17-14)8-11-4-5-11/h3,6-7,11,13,16H,4-5,8-9H2,1-2H3. The highest BCUT2D eigenvalue weighted by atomic mass is 16.5. The van der Waals surface area contributed by atoms with Crippen molar-refractivity contribution < 1.29 is 9.84 Å². The van der Waals surface area contributed by atoms with Gasteiger partial charge in [-0.3, -0.25) is 0 Å². The van der Waals surface area contributed by atoms with Gasteiger partial charge >= 0.3 is 0 Å². The Balaban J connectivity index is 1.88. The Morgan fingerprint density at radius 2 is 2.18 bits per heavy atom. The Morgan fingerprint density at radius 1 is 1.41 bits per heavy atom. The maximum Gasteiger partial charge on any atom is 0.125 e. The van der Waals surface area contributed by atoms with Crippen molar-refractivity contribution in [2.75, 3.05) is 0 Å². The summed E-state index contributed by atoms with van der Waals surface area (Å²) in [6, 6.07) is 6.09. The van der Waals surface area contributed by atoms with Gasteiger partial charge in [-0.15, -0.1) is 0 Å². The summed E-state index contributed by atoms with van der Waals surface area (Å²) >= 11 is 0. The zero-order valence-corrected chi connectivity index (χ0v) is 10.6. The molecule has 0 radical (unpaired) electrons. The van der Waals surface area contributed by atoms with Crippen molar-refractivity contribution in [1.29, 1.82) is 0 Å². The van der Waals surface area contributed by atoms with E-state index >= 15 is 0 Å². The second-order valence-corrected chi connectivity index (χ2v) is 5.96. The molecular weight excluding hydrogens is 212 g/mol. The molecule has 1 aliphatic carbocycles. The van der Waals surface area contributed by atoms with Crippen molar-refractivity contribution in [2.24, 2.45) is 5.92 Å². The highest BCUT2D eigenvalue weighted by molar-refractivity contribution is 5.40. The van der Waals surface area contributed by atoms with Crippen LogP contribution in [0.15, 0.2) is 18.2 Å². The molecule has 0 amide bonds. The lowest BCUT2D eigenvalue weighted by atomic mass is 9.86. The van der Waals surface area contributed by atoms with Crippen LogP contribution < -0.4 is 4.74 Å². The van der Waals surface area contributed by atoms with Crippen molar-refractivity contribution in [3.63, 3.8) is 0 Å². The van der Waals surface area contributed by atoms with Crippen LogP contribution >= 0.6 is 0 Å². The molecule has 1 saturated carbocycles. The van der Waals surface area contributed by atoms with Gasteiger partial charge in [0.1, 0.15) is 11.4 Å². The molecule has 3 rings (SSSR count). The quantitative estimate of drug-likeness (QED) is 0.847. The zero-order valence-electron chi connectivity index (χ0n) is 10.6. The second-order valence-electron chi connectivity index (χ2n) is 5.96. The molecule has 2 atom stereocenters. The van der Waals surface area contributed by atoms with Crippen molar-refractivity contribution in [3.8, 4) is 5.75 Å². The number of fused-ring (bicyclic) bond motifs is 1. The van der Waals surface area contributed by atoms with Crippen LogP contribution in [0.5, 0.6) is 5.75 Å². The average molecular weight is 232 g/mol. The average Bonchev–Trinajstić information content (AvgIpc) is 3.03. The minimum absolute atomic E-state index is 0.178. The van der Waals surface area contributed by atoms with E-state index < -0.39 is 0 Å². The topological polar surface area (TPSA) is 29.5 Å². The Bertz CT molecular complexity index is 437. The Morgan fingerprint density at radius 3 is 2.88 bits per heavy atom. The van der Waals surface area contributed by atoms with Gasteiger partial charge in [0.15, 0.2) is 0 Å². The number of aliphatic hydroxyl groups is 1. The summed E-state index contributed by atoms with van der Waals surface area (Å²) in [6.45, 7) is 4.18. The summed E-state index contributed by atoms with van der Waals surface area (Å²) in [5.74, 6) is 1.69. The van der Waals surface area contributed by atoms with E-state index in [0.29, 0.717) is 0 Å². The fourth-order valence-electron chi connectivity index (χ4n) is 2.90. The SMILES string of the molecule is Cc1ccc2c(c1)C(O)CC(C)(CC1CC1)O2. The number of rotatable bonds is 2. The van der Waals surface area contributed by atoms with E-state index in [1.165, 1.54) is 18.4 Å². The van der Waals surface area contributed by atoms with Crippen molar-refractivity contribution >= 4 is 0 Å². The van der Waals surface area contributed by atoms with Crippen LogP contribution in [-0.2, 0) is 0 Å². The van der Waals surface area contributed by atoms with Gasteiger partial charge < -0.3 is 9.84 Å². The molecule has 1 N–H and O–H groups in total. The highest BCUT2D eigenvalue weighted by Gasteiger charge is 2.40. The van der Waals surface area contributed by atoms with Crippen LogP contribution in [0.3, 0.4) is 0 Å². The normalized spacial score (nSPS) is 31.8. The van der Waals surface area contributed by atoms with Gasteiger partial charge in [-0.1, -0.05) is 24.5 Å². The van der Waals surface area contributed by atoms with Crippen LogP contribution in [-0.4, -0.2) is 10.7 Å². The Hall–Kier alpha value is -1.02. The van der Waals surface area contributed by atoms with Crippen LogP contribution in [0.1, 0.15) is 49.8 Å². The minimum atomic E-state index is -0.373. The number of hydrogen-bond acceptors (Lipinski definition) is 2. The summed E-state index contributed by atoms with van der Waals surface area (Å²) < 4.78 is 6.14. The first kappa shape index (κ1) is 11.1. The number of benzene rings is 1.